The summed E-state index contributed by atoms with van der Waals surface area (Å²) in [5.74, 6) is 3.48. The maximum absolute atomic E-state index is 13.1. The van der Waals surface area contributed by atoms with Crippen molar-refractivity contribution in [3.05, 3.63) is 102 Å². The first kappa shape index (κ1) is 20.0. The number of rotatable bonds is 5. The van der Waals surface area contributed by atoms with Crippen molar-refractivity contribution in [1.29, 1.82) is 0 Å². The van der Waals surface area contributed by atoms with E-state index in [0.717, 1.165) is 42.3 Å². The topological polar surface area (TPSA) is 69.0 Å². The molecule has 0 aliphatic carbocycles. The molecule has 1 aliphatic rings. The van der Waals surface area contributed by atoms with Gasteiger partial charge in [0.05, 0.1) is 5.69 Å². The molecule has 1 amide bonds. The van der Waals surface area contributed by atoms with Gasteiger partial charge in [-0.2, -0.15) is 0 Å². The van der Waals surface area contributed by atoms with Crippen molar-refractivity contribution >= 4 is 11.6 Å². The second-order valence-electron chi connectivity index (χ2n) is 8.00. The third kappa shape index (κ3) is 4.12. The average Bonchev–Trinajstić information content (AvgIpc) is 3.21. The van der Waals surface area contributed by atoms with Gasteiger partial charge in [0.2, 0.25) is 0 Å². The Morgan fingerprint density at radius 1 is 1.00 bits per heavy atom. The molecule has 160 valence electrons. The molecule has 0 fully saturated rings. The third-order valence-electron chi connectivity index (χ3n) is 5.86. The molecular formula is C26H24N4O2. The Labute approximate surface area is 186 Å². The largest absolute Gasteiger partial charge is 0.455 e. The van der Waals surface area contributed by atoms with Crippen molar-refractivity contribution in [2.24, 2.45) is 0 Å². The van der Waals surface area contributed by atoms with Gasteiger partial charge in [0, 0.05) is 24.4 Å². The van der Waals surface area contributed by atoms with Gasteiger partial charge >= 0.3 is 0 Å². The molecule has 5 rings (SSSR count). The molecule has 32 heavy (non-hydrogen) atoms. The number of nitrogens with one attached hydrogen (secondary N) is 1. The number of anilines is 1. The lowest BCUT2D eigenvalue weighted by Crippen LogP contribution is -2.20. The molecule has 0 saturated carbocycles. The monoisotopic (exact) mass is 424 g/mol. The quantitative estimate of drug-likeness (QED) is 0.468. The van der Waals surface area contributed by atoms with Crippen LogP contribution in [0.4, 0.5) is 5.69 Å². The summed E-state index contributed by atoms with van der Waals surface area (Å²) >= 11 is 0. The summed E-state index contributed by atoms with van der Waals surface area (Å²) in [4.78, 5) is 13.1. The van der Waals surface area contributed by atoms with E-state index in [2.05, 4.69) is 26.1 Å². The van der Waals surface area contributed by atoms with Crippen molar-refractivity contribution in [2.75, 3.05) is 5.32 Å². The molecule has 6 nitrogen and oxygen atoms in total. The minimum Gasteiger partial charge on any atom is -0.455 e. The van der Waals surface area contributed by atoms with Crippen LogP contribution in [0.15, 0.2) is 78.9 Å². The van der Waals surface area contributed by atoms with Crippen LogP contribution in [0, 0.1) is 6.92 Å². The van der Waals surface area contributed by atoms with Gasteiger partial charge in [-0.3, -0.25) is 4.79 Å². The molecule has 1 aromatic heterocycles. The highest BCUT2D eigenvalue weighted by molar-refractivity contribution is 6.05. The lowest BCUT2D eigenvalue weighted by Gasteiger charge is -2.24. The number of nitrogens with zero attached hydrogens (tertiary/aromatic N) is 3. The zero-order valence-electron chi connectivity index (χ0n) is 17.9. The molecule has 3 aromatic carbocycles. The van der Waals surface area contributed by atoms with Crippen molar-refractivity contribution in [1.82, 2.24) is 14.8 Å². The number of hydrogen-bond donors (Lipinski definition) is 1. The van der Waals surface area contributed by atoms with Crippen LogP contribution in [-0.4, -0.2) is 20.7 Å². The zero-order chi connectivity index (χ0) is 21.9. The molecule has 6 heteroatoms. The molecule has 1 aliphatic heterocycles. The number of amides is 1. The van der Waals surface area contributed by atoms with Crippen molar-refractivity contribution in [2.45, 2.75) is 32.2 Å². The Morgan fingerprint density at radius 2 is 1.81 bits per heavy atom. The summed E-state index contributed by atoms with van der Waals surface area (Å²) in [5, 5.41) is 11.5. The Hall–Kier alpha value is -3.93. The Bertz CT molecular complexity index is 1250. The predicted octanol–water partition coefficient (Wildman–Crippen LogP) is 5.36. The van der Waals surface area contributed by atoms with Gasteiger partial charge in [-0.05, 0) is 55.3 Å². The molecule has 4 aromatic rings. The van der Waals surface area contributed by atoms with Gasteiger partial charge in [-0.25, -0.2) is 0 Å². The fraction of sp³-hybridized carbons (Fsp3) is 0.192. The van der Waals surface area contributed by atoms with E-state index >= 15 is 0 Å². The van der Waals surface area contributed by atoms with E-state index in [9.17, 15) is 4.79 Å². The summed E-state index contributed by atoms with van der Waals surface area (Å²) in [5.41, 5.74) is 2.42. The molecule has 0 spiro atoms. The summed E-state index contributed by atoms with van der Waals surface area (Å²) in [6, 6.07) is 24.9. The second-order valence-corrected chi connectivity index (χ2v) is 8.00. The minimum atomic E-state index is -0.159. The van der Waals surface area contributed by atoms with E-state index < -0.39 is 0 Å². The van der Waals surface area contributed by atoms with Gasteiger partial charge in [0.1, 0.15) is 17.4 Å². The number of fused-ring (bicyclic) bond motifs is 1. The Morgan fingerprint density at radius 3 is 2.69 bits per heavy atom. The minimum absolute atomic E-state index is 0.159. The molecule has 0 bridgehead atoms. The van der Waals surface area contributed by atoms with E-state index in [4.69, 9.17) is 4.74 Å². The molecular weight excluding hydrogens is 400 g/mol. The number of aromatic nitrogens is 3. The van der Waals surface area contributed by atoms with Gasteiger partial charge in [0.25, 0.3) is 5.91 Å². The van der Waals surface area contributed by atoms with Crippen LogP contribution in [0.1, 0.15) is 39.9 Å². The van der Waals surface area contributed by atoms with E-state index in [1.807, 2.05) is 79.7 Å². The van der Waals surface area contributed by atoms with Crippen molar-refractivity contribution in [3.63, 3.8) is 0 Å². The number of para-hydroxylation sites is 3. The number of ether oxygens (including phenoxy) is 1. The molecule has 0 unspecified atom stereocenters. The fourth-order valence-electron chi connectivity index (χ4n) is 4.14. The Kier molecular flexibility index (Phi) is 5.42. The first-order valence-corrected chi connectivity index (χ1v) is 10.8. The molecule has 1 atom stereocenters. The van der Waals surface area contributed by atoms with Gasteiger partial charge in [-0.1, -0.05) is 42.5 Å². The van der Waals surface area contributed by atoms with Crippen LogP contribution in [0.3, 0.4) is 0 Å². The van der Waals surface area contributed by atoms with Crippen molar-refractivity contribution < 1.29 is 9.53 Å². The van der Waals surface area contributed by atoms with E-state index in [1.54, 1.807) is 0 Å². The van der Waals surface area contributed by atoms with Crippen molar-refractivity contribution in [3.8, 4) is 11.5 Å². The maximum atomic E-state index is 13.1. The summed E-state index contributed by atoms with van der Waals surface area (Å²) in [7, 11) is 0. The number of hydrogen-bond acceptors (Lipinski definition) is 4. The zero-order valence-corrected chi connectivity index (χ0v) is 17.9. The highest BCUT2D eigenvalue weighted by Crippen LogP contribution is 2.31. The average molecular weight is 425 g/mol. The van der Waals surface area contributed by atoms with E-state index in [0.29, 0.717) is 22.9 Å². The van der Waals surface area contributed by atoms with Crippen LogP contribution < -0.4 is 10.1 Å². The lowest BCUT2D eigenvalue weighted by atomic mass is 9.90. The number of benzene rings is 3. The second kappa shape index (κ2) is 8.67. The van der Waals surface area contributed by atoms with E-state index in [1.165, 1.54) is 0 Å². The van der Waals surface area contributed by atoms with Crippen LogP contribution in [0.2, 0.25) is 0 Å². The third-order valence-corrected chi connectivity index (χ3v) is 5.86. The van der Waals surface area contributed by atoms with Crippen LogP contribution in [-0.2, 0) is 13.0 Å². The summed E-state index contributed by atoms with van der Waals surface area (Å²) < 4.78 is 8.15. The van der Waals surface area contributed by atoms with Gasteiger partial charge in [0.15, 0.2) is 5.75 Å². The first-order chi connectivity index (χ1) is 15.7. The standard InChI is InChI=1S/C26H24N4O2/c1-18-28-29-25-15-14-21(17-30(18)25)19-8-7-9-20(16-19)26(31)27-23-12-5-6-13-24(23)32-22-10-3-2-4-11-22/h2-13,16,21H,14-15,17H2,1H3,(H,27,31)/t21-/m1/s1. The summed E-state index contributed by atoms with van der Waals surface area (Å²) in [6.07, 6.45) is 1.89. The number of carbonyl (C=O) groups excluding carboxylic acids is 1. The SMILES string of the molecule is Cc1nnc2n1C[C@H](c1cccc(C(=O)Nc3ccccc3Oc3ccccc3)c1)CC2. The molecule has 2 heterocycles. The van der Waals surface area contributed by atoms with Gasteiger partial charge in [-0.15, -0.1) is 10.2 Å². The first-order valence-electron chi connectivity index (χ1n) is 10.8. The summed E-state index contributed by atoms with van der Waals surface area (Å²) in [6.45, 7) is 2.82. The van der Waals surface area contributed by atoms with E-state index in [-0.39, 0.29) is 5.91 Å². The highest BCUT2D eigenvalue weighted by atomic mass is 16.5. The lowest BCUT2D eigenvalue weighted by molar-refractivity contribution is 0.102. The number of aryl methyl sites for hydroxylation is 2. The molecule has 1 N–H and O–H groups in total. The van der Waals surface area contributed by atoms with Gasteiger partial charge < -0.3 is 14.6 Å². The fourth-order valence-corrected chi connectivity index (χ4v) is 4.14. The smallest absolute Gasteiger partial charge is 0.255 e. The number of carbonyl (C=O) groups is 1. The predicted molar refractivity (Wildman–Crippen MR) is 123 cm³/mol. The normalized spacial score (nSPS) is 15.1. The Balaban J connectivity index is 1.34. The molecule has 0 radical (unpaired) electrons. The van der Waals surface area contributed by atoms with Crippen LogP contribution in [0.5, 0.6) is 11.5 Å². The van der Waals surface area contributed by atoms with Crippen LogP contribution in [0.25, 0.3) is 0 Å². The molecule has 0 saturated heterocycles. The maximum Gasteiger partial charge on any atom is 0.255 e. The van der Waals surface area contributed by atoms with Crippen LogP contribution >= 0.6 is 0 Å². The highest BCUT2D eigenvalue weighted by Gasteiger charge is 2.23.